The summed E-state index contributed by atoms with van der Waals surface area (Å²) in [5, 5.41) is 51.9. The molecule has 18 heteroatoms. The van der Waals surface area contributed by atoms with Crippen molar-refractivity contribution in [1.82, 2.24) is 36.4 Å². The highest BCUT2D eigenvalue weighted by molar-refractivity contribution is 5.95. The third-order valence-corrected chi connectivity index (χ3v) is 7.64. The number of nitrogens with zero attached hydrogens (tertiary/aromatic N) is 2. The van der Waals surface area contributed by atoms with E-state index < -0.39 is 79.8 Å². The Bertz CT molecular complexity index is 1580. The summed E-state index contributed by atoms with van der Waals surface area (Å²) in [6.07, 6.45) is 0.286. The van der Waals surface area contributed by atoms with E-state index >= 15 is 0 Å². The average molecular weight is 686 g/mol. The summed E-state index contributed by atoms with van der Waals surface area (Å²) in [5.74, 6) is -5.13. The summed E-state index contributed by atoms with van der Waals surface area (Å²) in [6, 6.07) is 4.54. The molecular formula is C31H39N7O11. The van der Waals surface area contributed by atoms with Crippen molar-refractivity contribution in [3.63, 3.8) is 0 Å². The molecule has 7 amide bonds. The molecule has 0 aromatic heterocycles. The molecule has 0 aliphatic carbocycles. The number of aliphatic hydroxyl groups is 2. The van der Waals surface area contributed by atoms with Gasteiger partial charge in [-0.3, -0.25) is 33.6 Å². The summed E-state index contributed by atoms with van der Waals surface area (Å²) in [7, 11) is 2.53. The molecule has 4 bridgehead atoms. The lowest BCUT2D eigenvalue weighted by atomic mass is 9.94. The van der Waals surface area contributed by atoms with E-state index in [4.69, 9.17) is 5.11 Å². The highest BCUT2D eigenvalue weighted by atomic mass is 16.3. The van der Waals surface area contributed by atoms with Crippen LogP contribution in [0.4, 0.5) is 0 Å². The molecule has 2 aromatic rings. The van der Waals surface area contributed by atoms with Crippen molar-refractivity contribution in [1.29, 1.82) is 0 Å². The van der Waals surface area contributed by atoms with Gasteiger partial charge in [0.2, 0.25) is 41.9 Å². The number of phenolic OH excluding ortho intramolecular Hbond substituents is 2. The van der Waals surface area contributed by atoms with E-state index in [1.165, 1.54) is 50.5 Å². The van der Waals surface area contributed by atoms with Crippen molar-refractivity contribution in [2.45, 2.75) is 24.5 Å². The molecule has 9 N–H and O–H groups in total. The van der Waals surface area contributed by atoms with E-state index in [1.54, 1.807) is 0 Å². The molecule has 264 valence electrons. The van der Waals surface area contributed by atoms with E-state index in [2.05, 4.69) is 26.6 Å². The highest BCUT2D eigenvalue weighted by Crippen LogP contribution is 2.38. The summed E-state index contributed by atoms with van der Waals surface area (Å²) in [5.41, 5.74) is 0.863. The third-order valence-electron chi connectivity index (χ3n) is 7.64. The number of amides is 7. The summed E-state index contributed by atoms with van der Waals surface area (Å²) >= 11 is 0. The molecule has 1 heterocycles. The largest absolute Gasteiger partial charge is 0.507 e. The molecule has 2 aromatic carbocycles. The minimum atomic E-state index is -1.43. The lowest BCUT2D eigenvalue weighted by Crippen LogP contribution is -2.52. The Balaban J connectivity index is 1.88. The minimum absolute atomic E-state index is 0.0439. The maximum Gasteiger partial charge on any atom is 0.247 e. The van der Waals surface area contributed by atoms with Gasteiger partial charge in [0, 0.05) is 38.2 Å². The number of phenols is 2. The second-order valence-electron chi connectivity index (χ2n) is 11.1. The molecule has 18 nitrogen and oxygen atoms in total. The zero-order chi connectivity index (χ0) is 36.2. The normalized spacial score (nSPS) is 16.5. The number of carbonyl (C=O) groups is 7. The molecule has 0 saturated carbocycles. The summed E-state index contributed by atoms with van der Waals surface area (Å²) in [4.78, 5) is 89.9. The van der Waals surface area contributed by atoms with Gasteiger partial charge in [0.05, 0.1) is 32.8 Å². The lowest BCUT2D eigenvalue weighted by molar-refractivity contribution is -0.140. The second-order valence-corrected chi connectivity index (χ2v) is 11.1. The number of hydrogen-bond donors (Lipinski definition) is 9. The first-order valence-electron chi connectivity index (χ1n) is 15.0. The number of rotatable bonds is 12. The smallest absolute Gasteiger partial charge is 0.247 e. The van der Waals surface area contributed by atoms with Crippen LogP contribution >= 0.6 is 0 Å². The number of benzene rings is 2. The van der Waals surface area contributed by atoms with Gasteiger partial charge in [-0.05, 0) is 35.4 Å². The molecule has 3 rings (SSSR count). The van der Waals surface area contributed by atoms with Crippen LogP contribution in [0.15, 0.2) is 36.4 Å². The standard InChI is InChI=1S/C31H39N7O11/c1-37(16-41)22(15-40)30(48)34-12-25(44)33-14-27(46)38(2)28-18-4-6-24(43)20(11-18)19-9-17(3-5-23(19)42)10-21(29(47)32-7-8-39)36-26(45)13-35-31(28)49/h3-6,9,11,16,21-22,28,39-40,42-43H,7-8,10,12-15H2,1-2H3,(H,32,47)(H,33,44)(H,34,48)(H,35,49)(H,36,45)/t21-,22+,28?/m0/s1. The van der Waals surface area contributed by atoms with Crippen LogP contribution < -0.4 is 26.6 Å². The Morgan fingerprint density at radius 1 is 0.959 bits per heavy atom. The first-order valence-corrected chi connectivity index (χ1v) is 15.0. The van der Waals surface area contributed by atoms with Gasteiger partial charge in [0.25, 0.3) is 0 Å². The predicted molar refractivity (Wildman–Crippen MR) is 170 cm³/mol. The molecular weight excluding hydrogens is 646 g/mol. The van der Waals surface area contributed by atoms with Crippen LogP contribution in [0, 0.1) is 0 Å². The van der Waals surface area contributed by atoms with Gasteiger partial charge < -0.3 is 56.8 Å². The van der Waals surface area contributed by atoms with Crippen molar-refractivity contribution in [3.05, 3.63) is 47.5 Å². The molecule has 0 fully saturated rings. The van der Waals surface area contributed by atoms with Gasteiger partial charge in [-0.2, -0.15) is 0 Å². The Morgan fingerprint density at radius 2 is 1.63 bits per heavy atom. The van der Waals surface area contributed by atoms with Gasteiger partial charge in [-0.25, -0.2) is 0 Å². The van der Waals surface area contributed by atoms with E-state index in [-0.39, 0.29) is 47.8 Å². The van der Waals surface area contributed by atoms with E-state index in [0.717, 1.165) is 9.80 Å². The molecule has 0 radical (unpaired) electrons. The highest BCUT2D eigenvalue weighted by Gasteiger charge is 2.31. The van der Waals surface area contributed by atoms with Crippen molar-refractivity contribution in [2.75, 3.05) is 53.5 Å². The second kappa shape index (κ2) is 17.4. The van der Waals surface area contributed by atoms with Crippen molar-refractivity contribution >= 4 is 41.9 Å². The van der Waals surface area contributed by atoms with Crippen molar-refractivity contribution in [3.8, 4) is 22.6 Å². The van der Waals surface area contributed by atoms with E-state index in [1.807, 2.05) is 0 Å². The van der Waals surface area contributed by atoms with Gasteiger partial charge >= 0.3 is 0 Å². The molecule has 1 unspecified atom stereocenters. The van der Waals surface area contributed by atoms with Gasteiger partial charge in [0.1, 0.15) is 29.6 Å². The molecule has 0 spiro atoms. The lowest BCUT2D eigenvalue weighted by Gasteiger charge is -2.29. The van der Waals surface area contributed by atoms with Crippen LogP contribution in [-0.4, -0.2) is 138 Å². The van der Waals surface area contributed by atoms with Crippen molar-refractivity contribution < 1.29 is 54.0 Å². The molecule has 3 atom stereocenters. The van der Waals surface area contributed by atoms with Crippen LogP contribution in [0.2, 0.25) is 0 Å². The number of aliphatic hydroxyl groups excluding tert-OH is 2. The first-order chi connectivity index (χ1) is 23.3. The first kappa shape index (κ1) is 37.7. The third kappa shape index (κ3) is 9.88. The van der Waals surface area contributed by atoms with E-state index in [0.29, 0.717) is 12.0 Å². The summed E-state index contributed by atoms with van der Waals surface area (Å²) < 4.78 is 0. The van der Waals surface area contributed by atoms with Gasteiger partial charge in [-0.1, -0.05) is 12.1 Å². The predicted octanol–water partition coefficient (Wildman–Crippen LogP) is -3.79. The number of nitrogens with one attached hydrogen (secondary N) is 5. The maximum absolute atomic E-state index is 13.6. The molecule has 1 aliphatic rings. The molecule has 49 heavy (non-hydrogen) atoms. The summed E-state index contributed by atoms with van der Waals surface area (Å²) in [6.45, 7) is -2.95. The zero-order valence-electron chi connectivity index (χ0n) is 26.8. The van der Waals surface area contributed by atoms with Crippen LogP contribution in [0.25, 0.3) is 11.1 Å². The monoisotopic (exact) mass is 685 g/mol. The van der Waals surface area contributed by atoms with E-state index in [9.17, 15) is 48.9 Å². The Kier molecular flexibility index (Phi) is 13.4. The number of fused-ring (bicyclic) bond motifs is 5. The quantitative estimate of drug-likeness (QED) is 0.0979. The van der Waals surface area contributed by atoms with Crippen molar-refractivity contribution in [2.24, 2.45) is 0 Å². The van der Waals surface area contributed by atoms with Gasteiger partial charge in [-0.15, -0.1) is 0 Å². The Morgan fingerprint density at radius 3 is 2.29 bits per heavy atom. The Hall–Kier alpha value is -5.75. The number of likely N-dealkylation sites (N-methyl/N-ethyl adjacent to an activating group) is 2. The average Bonchev–Trinajstić information content (AvgIpc) is 3.08. The zero-order valence-corrected chi connectivity index (χ0v) is 26.8. The number of carbonyl (C=O) groups excluding carboxylic acids is 7. The molecule has 0 saturated heterocycles. The van der Waals surface area contributed by atoms with Gasteiger partial charge in [0.15, 0.2) is 0 Å². The fourth-order valence-electron chi connectivity index (χ4n) is 4.93. The number of aromatic hydroxyl groups is 2. The van der Waals surface area contributed by atoms with Crippen LogP contribution in [0.3, 0.4) is 0 Å². The van der Waals surface area contributed by atoms with Crippen LogP contribution in [0.1, 0.15) is 17.2 Å². The van der Waals surface area contributed by atoms with Crippen LogP contribution in [-0.2, 0) is 40.0 Å². The molecule has 1 aliphatic heterocycles. The fraction of sp³-hybridized carbons (Fsp3) is 0.387. The Labute approximate surface area is 280 Å². The minimum Gasteiger partial charge on any atom is -0.507 e. The SMILES string of the molecule is CN(C(=O)CNC(=O)CNC(=O)[C@@H](CO)N(C)C=O)C1C(=O)NCC(=O)N[C@H](C(=O)NCCO)Cc2ccc(O)c(c2)-c2cc1ccc2O. The fourth-order valence-corrected chi connectivity index (χ4v) is 4.93. The topological polar surface area (TPSA) is 267 Å². The van der Waals surface area contributed by atoms with Crippen LogP contribution in [0.5, 0.6) is 11.5 Å². The maximum atomic E-state index is 13.6. The number of hydrogen-bond acceptors (Lipinski definition) is 11.